The first kappa shape index (κ1) is 28.9. The van der Waals surface area contributed by atoms with Gasteiger partial charge in [-0.05, 0) is 61.1 Å². The molecule has 8 nitrogen and oxygen atoms in total. The molecule has 1 spiro atoms. The molecule has 3 saturated heterocycles. The summed E-state index contributed by atoms with van der Waals surface area (Å²) in [5.74, 6) is 1.42. The van der Waals surface area contributed by atoms with E-state index in [4.69, 9.17) is 20.9 Å². The van der Waals surface area contributed by atoms with Gasteiger partial charge >= 0.3 is 6.01 Å². The van der Waals surface area contributed by atoms with Crippen LogP contribution in [0.4, 0.5) is 19.0 Å². The van der Waals surface area contributed by atoms with Gasteiger partial charge in [-0.15, -0.1) is 6.42 Å². The molecule has 2 aromatic carbocycles. The van der Waals surface area contributed by atoms with E-state index in [1.807, 2.05) is 0 Å². The quantitative estimate of drug-likeness (QED) is 0.260. The minimum Gasteiger partial charge on any atom is -0.508 e. The molecular weight excluding hydrogens is 607 g/mol. The van der Waals surface area contributed by atoms with Gasteiger partial charge in [-0.2, -0.15) is 9.97 Å². The predicted molar refractivity (Wildman–Crippen MR) is 170 cm³/mol. The van der Waals surface area contributed by atoms with Crippen LogP contribution in [-0.4, -0.2) is 75.6 Å². The summed E-state index contributed by atoms with van der Waals surface area (Å²) in [4.78, 5) is 18.6. The molecule has 4 fully saturated rings. The Labute approximate surface area is 269 Å². The van der Waals surface area contributed by atoms with Gasteiger partial charge in [0.1, 0.15) is 53.4 Å². The zero-order chi connectivity index (χ0) is 32.1. The molecule has 3 atom stereocenters. The maximum Gasteiger partial charge on any atom is 0.319 e. The molecular formula is C36H34F3N5O3. The highest BCUT2D eigenvalue weighted by molar-refractivity contribution is 6.04. The Morgan fingerprint density at radius 3 is 2.81 bits per heavy atom. The van der Waals surface area contributed by atoms with Gasteiger partial charge in [0.15, 0.2) is 5.82 Å². The number of hydrogen-bond acceptors (Lipinski definition) is 8. The number of ether oxygens (including phenoxy) is 2. The zero-order valence-corrected chi connectivity index (χ0v) is 25.9. The third kappa shape index (κ3) is 4.51. The molecule has 1 N–H and O–H groups in total. The number of anilines is 1. The van der Waals surface area contributed by atoms with Gasteiger partial charge in [-0.3, -0.25) is 4.90 Å². The predicted octanol–water partition coefficient (Wildman–Crippen LogP) is 6.30. The topological polar surface area (TPSA) is 83.8 Å². The Kier molecular flexibility index (Phi) is 6.36. The van der Waals surface area contributed by atoms with E-state index >= 15 is 4.39 Å². The SMILES string of the molecule is C#Cc1c(F)ccc2cc(O)cc(-c3nc4c5c(nc(OC[C@]67C[C@@H](F)CN6CC6(CC6)C7)nc5c3F)N3CCCCC[C@H]3CO4)c12. The minimum atomic E-state index is -0.921. The van der Waals surface area contributed by atoms with E-state index in [1.54, 1.807) is 0 Å². The van der Waals surface area contributed by atoms with Crippen molar-refractivity contribution in [3.8, 4) is 41.2 Å². The van der Waals surface area contributed by atoms with Crippen molar-refractivity contribution in [2.75, 3.05) is 37.7 Å². The van der Waals surface area contributed by atoms with E-state index in [-0.39, 0.29) is 63.4 Å². The summed E-state index contributed by atoms with van der Waals surface area (Å²) in [5, 5.41) is 11.7. The van der Waals surface area contributed by atoms with Crippen molar-refractivity contribution in [3.63, 3.8) is 0 Å². The van der Waals surface area contributed by atoms with E-state index in [1.165, 1.54) is 24.3 Å². The standard InChI is InChI=1S/C36H34F3N5O3/c1-2-24-26(38)8-7-20-12-23(45)13-25(27(20)24)30-29(39)31-28-32(44-11-5-3-4-6-22(44)16-46-33(28)40-30)42-34(41-31)47-19-36-14-21(37)15-43(36)18-35(17-36)9-10-35/h1,7-8,12-13,21-22,45H,3-6,9-11,14-19H2/t21-,22+,36-/m1/s1. The van der Waals surface area contributed by atoms with Crippen LogP contribution < -0.4 is 14.4 Å². The third-order valence-electron chi connectivity index (χ3n) is 11.1. The molecule has 1 saturated carbocycles. The molecule has 0 unspecified atom stereocenters. The number of pyridine rings is 1. The average molecular weight is 642 g/mol. The van der Waals surface area contributed by atoms with Gasteiger partial charge < -0.3 is 19.5 Å². The Hall–Kier alpha value is -4.30. The summed E-state index contributed by atoms with van der Waals surface area (Å²) in [6.45, 7) is 2.48. The van der Waals surface area contributed by atoms with Crippen molar-refractivity contribution >= 4 is 27.5 Å². The maximum absolute atomic E-state index is 17.0. The van der Waals surface area contributed by atoms with Crippen LogP contribution in [0.1, 0.15) is 56.9 Å². The van der Waals surface area contributed by atoms with Gasteiger partial charge in [0.2, 0.25) is 5.88 Å². The van der Waals surface area contributed by atoms with Crippen LogP contribution in [0.15, 0.2) is 24.3 Å². The highest BCUT2D eigenvalue weighted by Gasteiger charge is 2.62. The molecule has 6 heterocycles. The summed E-state index contributed by atoms with van der Waals surface area (Å²) in [6.07, 6.45) is 12.2. The Balaban J connectivity index is 1.23. The van der Waals surface area contributed by atoms with Crippen molar-refractivity contribution in [3.05, 3.63) is 41.5 Å². The van der Waals surface area contributed by atoms with Crippen LogP contribution in [0.3, 0.4) is 0 Å². The summed E-state index contributed by atoms with van der Waals surface area (Å²) >= 11 is 0. The monoisotopic (exact) mass is 641 g/mol. The Morgan fingerprint density at radius 2 is 1.98 bits per heavy atom. The summed E-state index contributed by atoms with van der Waals surface area (Å²) in [5.41, 5.74) is -0.392. The van der Waals surface area contributed by atoms with Crippen molar-refractivity contribution < 1.29 is 27.8 Å². The molecule has 9 rings (SSSR count). The van der Waals surface area contributed by atoms with Crippen LogP contribution in [0.25, 0.3) is 32.9 Å². The van der Waals surface area contributed by atoms with E-state index in [9.17, 15) is 13.9 Å². The molecule has 2 aromatic heterocycles. The van der Waals surface area contributed by atoms with Gasteiger partial charge in [0.05, 0.1) is 17.1 Å². The molecule has 0 bridgehead atoms. The summed E-state index contributed by atoms with van der Waals surface area (Å²) in [7, 11) is 0. The number of terminal acetylenes is 1. The molecule has 242 valence electrons. The lowest BCUT2D eigenvalue weighted by Crippen LogP contribution is -2.43. The number of hydrogen-bond donors (Lipinski definition) is 1. The molecule has 0 radical (unpaired) electrons. The molecule has 4 aliphatic heterocycles. The lowest BCUT2D eigenvalue weighted by molar-refractivity contribution is 0.107. The Morgan fingerprint density at radius 1 is 1.11 bits per heavy atom. The highest BCUT2D eigenvalue weighted by atomic mass is 19.1. The molecule has 0 amide bonds. The first-order valence-corrected chi connectivity index (χ1v) is 16.5. The van der Waals surface area contributed by atoms with Gasteiger partial charge in [-0.25, -0.2) is 18.2 Å². The molecule has 5 aliphatic rings. The maximum atomic E-state index is 17.0. The highest BCUT2D eigenvalue weighted by Crippen LogP contribution is 2.61. The van der Waals surface area contributed by atoms with E-state index < -0.39 is 23.3 Å². The number of alkyl halides is 1. The zero-order valence-electron chi connectivity index (χ0n) is 25.9. The molecule has 47 heavy (non-hydrogen) atoms. The van der Waals surface area contributed by atoms with Crippen molar-refractivity contribution in [2.45, 2.75) is 69.1 Å². The fourth-order valence-electron chi connectivity index (χ4n) is 8.74. The number of aromatic hydroxyl groups is 1. The summed E-state index contributed by atoms with van der Waals surface area (Å²) in [6, 6.07) is 5.45. The number of benzene rings is 2. The lowest BCUT2D eigenvalue weighted by atomic mass is 9.89. The largest absolute Gasteiger partial charge is 0.508 e. The first-order chi connectivity index (χ1) is 22.8. The van der Waals surface area contributed by atoms with Crippen molar-refractivity contribution in [1.82, 2.24) is 19.9 Å². The van der Waals surface area contributed by atoms with Crippen LogP contribution >= 0.6 is 0 Å². The minimum absolute atomic E-state index is 0.00361. The van der Waals surface area contributed by atoms with E-state index in [2.05, 4.69) is 25.7 Å². The lowest BCUT2D eigenvalue weighted by Gasteiger charge is -2.31. The number of phenols is 1. The van der Waals surface area contributed by atoms with Crippen molar-refractivity contribution in [1.29, 1.82) is 0 Å². The fraction of sp³-hybridized carbons (Fsp3) is 0.472. The second kappa shape index (κ2) is 10.3. The van der Waals surface area contributed by atoms with Crippen LogP contribution in [0.5, 0.6) is 17.6 Å². The fourth-order valence-corrected chi connectivity index (χ4v) is 8.74. The summed E-state index contributed by atoms with van der Waals surface area (Å²) < 4.78 is 59.4. The normalized spacial score (nSPS) is 26.0. The number of rotatable bonds is 4. The molecule has 4 aromatic rings. The smallest absolute Gasteiger partial charge is 0.319 e. The molecule has 1 aliphatic carbocycles. The number of halogens is 3. The average Bonchev–Trinajstić information content (AvgIpc) is 3.74. The number of aromatic nitrogens is 3. The van der Waals surface area contributed by atoms with Crippen LogP contribution in [0.2, 0.25) is 0 Å². The van der Waals surface area contributed by atoms with Crippen LogP contribution in [0, 0.1) is 29.4 Å². The number of nitrogens with zero attached hydrogens (tertiary/aromatic N) is 5. The van der Waals surface area contributed by atoms with E-state index in [0.29, 0.717) is 42.7 Å². The Bertz CT molecular complexity index is 2010. The van der Waals surface area contributed by atoms with Gasteiger partial charge in [0.25, 0.3) is 0 Å². The number of fused-ring (bicyclic) bond motifs is 4. The van der Waals surface area contributed by atoms with Crippen LogP contribution in [-0.2, 0) is 0 Å². The first-order valence-electron chi connectivity index (χ1n) is 16.5. The van der Waals surface area contributed by atoms with Crippen molar-refractivity contribution in [2.24, 2.45) is 5.41 Å². The second-order valence-corrected chi connectivity index (χ2v) is 14.2. The third-order valence-corrected chi connectivity index (χ3v) is 11.1. The number of phenolic OH excluding ortho intramolecular Hbond substituents is 1. The van der Waals surface area contributed by atoms with E-state index in [0.717, 1.165) is 51.5 Å². The molecule has 11 heteroatoms. The van der Waals surface area contributed by atoms with Gasteiger partial charge in [-0.1, -0.05) is 24.8 Å². The second-order valence-electron chi connectivity index (χ2n) is 14.2. The van der Waals surface area contributed by atoms with Gasteiger partial charge in [0, 0.05) is 37.0 Å².